The molecule has 0 spiro atoms. The number of benzene rings is 1. The Morgan fingerprint density at radius 3 is 2.50 bits per heavy atom. The first-order valence-corrected chi connectivity index (χ1v) is 6.51. The first kappa shape index (κ1) is 15.8. The van der Waals surface area contributed by atoms with E-state index in [1.54, 1.807) is 19.9 Å². The molecule has 0 aliphatic carbocycles. The number of phenols is 1. The Morgan fingerprint density at radius 2 is 2.00 bits per heavy atom. The van der Waals surface area contributed by atoms with Crippen molar-refractivity contribution in [3.05, 3.63) is 23.8 Å². The molecule has 1 atom stereocenters. The summed E-state index contributed by atoms with van der Waals surface area (Å²) in [5.41, 5.74) is 1.38. The molecule has 0 aliphatic heterocycles. The Bertz CT molecular complexity index is 502. The van der Waals surface area contributed by atoms with Crippen LogP contribution in [0.5, 0.6) is 5.75 Å². The van der Waals surface area contributed by atoms with Crippen LogP contribution in [-0.2, 0) is 4.79 Å². The molecule has 0 saturated carbocycles. The number of hydrogen-bond donors (Lipinski definition) is 3. The quantitative estimate of drug-likeness (QED) is 0.770. The van der Waals surface area contributed by atoms with Crippen molar-refractivity contribution in [2.75, 3.05) is 11.4 Å². The van der Waals surface area contributed by atoms with Crippen LogP contribution in [0.25, 0.3) is 0 Å². The topological polar surface area (TPSA) is 89.9 Å². The number of nitrogens with zero attached hydrogens (tertiary/aromatic N) is 1. The van der Waals surface area contributed by atoms with E-state index in [0.717, 1.165) is 5.56 Å². The highest BCUT2D eigenvalue weighted by molar-refractivity contribution is 5.95. The van der Waals surface area contributed by atoms with Crippen LogP contribution >= 0.6 is 0 Å². The first-order valence-electron chi connectivity index (χ1n) is 6.51. The highest BCUT2D eigenvalue weighted by Crippen LogP contribution is 2.25. The van der Waals surface area contributed by atoms with Crippen molar-refractivity contribution in [2.24, 2.45) is 0 Å². The van der Waals surface area contributed by atoms with Crippen LogP contribution in [0.4, 0.5) is 10.5 Å². The molecule has 0 saturated heterocycles. The van der Waals surface area contributed by atoms with Gasteiger partial charge in [0.05, 0.1) is 5.69 Å². The Labute approximate surface area is 118 Å². The zero-order chi connectivity index (χ0) is 15.3. The summed E-state index contributed by atoms with van der Waals surface area (Å²) in [7, 11) is 0. The van der Waals surface area contributed by atoms with Gasteiger partial charge in [-0.05, 0) is 31.9 Å². The summed E-state index contributed by atoms with van der Waals surface area (Å²) in [5.74, 6) is -1.01. The summed E-state index contributed by atoms with van der Waals surface area (Å²) in [6, 6.07) is 3.32. The molecule has 0 fully saturated rings. The lowest BCUT2D eigenvalue weighted by Crippen LogP contribution is -2.48. The Balaban J connectivity index is 2.98. The van der Waals surface area contributed by atoms with Crippen LogP contribution in [0, 0.1) is 6.92 Å². The number of aliphatic carboxylic acids is 1. The molecule has 0 aliphatic rings. The summed E-state index contributed by atoms with van der Waals surface area (Å²) in [4.78, 5) is 24.5. The summed E-state index contributed by atoms with van der Waals surface area (Å²) >= 11 is 0. The first-order chi connectivity index (χ1) is 9.40. The van der Waals surface area contributed by atoms with Gasteiger partial charge in [0, 0.05) is 12.6 Å². The number of carbonyl (C=O) groups excluding carboxylic acids is 1. The van der Waals surface area contributed by atoms with Crippen LogP contribution < -0.4 is 10.2 Å². The molecule has 110 valence electrons. The fraction of sp³-hybridized carbons (Fsp3) is 0.429. The average molecular weight is 280 g/mol. The maximum absolute atomic E-state index is 12.2. The van der Waals surface area contributed by atoms with Gasteiger partial charge in [-0.2, -0.15) is 0 Å². The number of rotatable bonds is 5. The van der Waals surface area contributed by atoms with E-state index >= 15 is 0 Å². The second kappa shape index (κ2) is 6.79. The highest BCUT2D eigenvalue weighted by atomic mass is 16.4. The third kappa shape index (κ3) is 3.63. The number of aryl methyl sites for hydroxylation is 1. The van der Waals surface area contributed by atoms with E-state index in [9.17, 15) is 14.7 Å². The number of hydrogen-bond acceptors (Lipinski definition) is 3. The van der Waals surface area contributed by atoms with E-state index in [-0.39, 0.29) is 5.75 Å². The van der Waals surface area contributed by atoms with Crippen molar-refractivity contribution in [3.8, 4) is 5.75 Å². The van der Waals surface area contributed by atoms with Crippen LogP contribution in [0.1, 0.15) is 25.8 Å². The molecule has 6 heteroatoms. The maximum Gasteiger partial charge on any atom is 0.326 e. The van der Waals surface area contributed by atoms with Gasteiger partial charge >= 0.3 is 12.0 Å². The largest absolute Gasteiger partial charge is 0.508 e. The fourth-order valence-electron chi connectivity index (χ4n) is 1.88. The van der Waals surface area contributed by atoms with Gasteiger partial charge in [-0.25, -0.2) is 9.59 Å². The van der Waals surface area contributed by atoms with Gasteiger partial charge in [-0.3, -0.25) is 4.90 Å². The zero-order valence-corrected chi connectivity index (χ0v) is 11.9. The molecular formula is C14H20N2O4. The molecule has 0 bridgehead atoms. The van der Waals surface area contributed by atoms with Crippen LogP contribution in [-0.4, -0.2) is 34.8 Å². The molecule has 0 radical (unpaired) electrons. The van der Waals surface area contributed by atoms with Gasteiger partial charge in [-0.1, -0.05) is 13.0 Å². The SMILES string of the molecule is CC[C@H](NC(=O)N(CC)c1cc(O)ccc1C)C(=O)O. The normalized spacial score (nSPS) is 11.8. The van der Waals surface area contributed by atoms with Gasteiger partial charge in [0.1, 0.15) is 11.8 Å². The van der Waals surface area contributed by atoms with Gasteiger partial charge in [0.25, 0.3) is 0 Å². The lowest BCUT2D eigenvalue weighted by Gasteiger charge is -2.25. The number of anilines is 1. The van der Waals surface area contributed by atoms with Gasteiger partial charge < -0.3 is 15.5 Å². The molecule has 0 aromatic heterocycles. The minimum absolute atomic E-state index is 0.0575. The number of nitrogens with one attached hydrogen (secondary N) is 1. The summed E-state index contributed by atoms with van der Waals surface area (Å²) < 4.78 is 0. The van der Waals surface area contributed by atoms with Crippen molar-refractivity contribution >= 4 is 17.7 Å². The van der Waals surface area contributed by atoms with Crippen molar-refractivity contribution in [3.63, 3.8) is 0 Å². The molecular weight excluding hydrogens is 260 g/mol. The monoisotopic (exact) mass is 280 g/mol. The van der Waals surface area contributed by atoms with Crippen LogP contribution in [0.2, 0.25) is 0 Å². The smallest absolute Gasteiger partial charge is 0.326 e. The number of carbonyl (C=O) groups is 2. The van der Waals surface area contributed by atoms with Gasteiger partial charge in [-0.15, -0.1) is 0 Å². The van der Waals surface area contributed by atoms with E-state index < -0.39 is 18.0 Å². The number of amides is 2. The molecule has 6 nitrogen and oxygen atoms in total. The Kier molecular flexibility index (Phi) is 5.37. The number of phenolic OH excluding ortho intramolecular Hbond substituents is 1. The fourth-order valence-corrected chi connectivity index (χ4v) is 1.88. The Hall–Kier alpha value is -2.24. The molecule has 0 heterocycles. The number of carboxylic acids is 1. The molecule has 1 aromatic rings. The van der Waals surface area contributed by atoms with E-state index in [1.807, 2.05) is 6.92 Å². The van der Waals surface area contributed by atoms with Crippen LogP contribution in [0.15, 0.2) is 18.2 Å². The lowest BCUT2D eigenvalue weighted by molar-refractivity contribution is -0.139. The minimum Gasteiger partial charge on any atom is -0.508 e. The van der Waals surface area contributed by atoms with Crippen LogP contribution in [0.3, 0.4) is 0 Å². The van der Waals surface area contributed by atoms with E-state index in [0.29, 0.717) is 18.7 Å². The van der Waals surface area contributed by atoms with Gasteiger partial charge in [0.15, 0.2) is 0 Å². The summed E-state index contributed by atoms with van der Waals surface area (Å²) in [6.07, 6.45) is 0.303. The predicted molar refractivity (Wildman–Crippen MR) is 76.1 cm³/mol. The third-order valence-corrected chi connectivity index (χ3v) is 3.05. The lowest BCUT2D eigenvalue weighted by atomic mass is 10.1. The van der Waals surface area contributed by atoms with E-state index in [2.05, 4.69) is 5.32 Å². The van der Waals surface area contributed by atoms with Gasteiger partial charge in [0.2, 0.25) is 0 Å². The number of carboxylic acid groups (broad SMARTS) is 1. The molecule has 1 aromatic carbocycles. The second-order valence-corrected chi connectivity index (χ2v) is 4.46. The minimum atomic E-state index is -1.07. The second-order valence-electron chi connectivity index (χ2n) is 4.46. The average Bonchev–Trinajstić information content (AvgIpc) is 2.40. The summed E-state index contributed by atoms with van der Waals surface area (Å²) in [5, 5.41) is 21.0. The predicted octanol–water partition coefficient (Wildman–Crippen LogP) is 2.10. The Morgan fingerprint density at radius 1 is 1.35 bits per heavy atom. The molecule has 0 unspecified atom stereocenters. The van der Waals surface area contributed by atoms with Crippen molar-refractivity contribution in [2.45, 2.75) is 33.2 Å². The molecule has 1 rings (SSSR count). The summed E-state index contributed by atoms with van der Waals surface area (Å²) in [6.45, 7) is 5.66. The zero-order valence-electron chi connectivity index (χ0n) is 11.9. The van der Waals surface area contributed by atoms with E-state index in [1.165, 1.54) is 17.0 Å². The van der Waals surface area contributed by atoms with Crippen molar-refractivity contribution in [1.29, 1.82) is 0 Å². The third-order valence-electron chi connectivity index (χ3n) is 3.05. The maximum atomic E-state index is 12.2. The van der Waals surface area contributed by atoms with Crippen molar-refractivity contribution in [1.82, 2.24) is 5.32 Å². The molecule has 2 amide bonds. The molecule has 3 N–H and O–H groups in total. The van der Waals surface area contributed by atoms with Crippen molar-refractivity contribution < 1.29 is 19.8 Å². The molecule has 20 heavy (non-hydrogen) atoms. The van der Waals surface area contributed by atoms with E-state index in [4.69, 9.17) is 5.11 Å². The number of urea groups is 1. The number of aromatic hydroxyl groups is 1. The standard InChI is InChI=1S/C14H20N2O4/c1-4-11(13(18)19)15-14(20)16(5-2)12-8-10(17)7-6-9(12)3/h6-8,11,17H,4-5H2,1-3H3,(H,15,20)(H,18,19)/t11-/m0/s1. The highest BCUT2D eigenvalue weighted by Gasteiger charge is 2.22.